The number of aryl methyl sites for hydroxylation is 2. The standard InChI is InChI=1S/C24H28NOSi.2C21H22NOSi.3C11H8N.3Ir/c1-24(2,3)21-16-22(25-17-23(21)27(4,5)6)18-11-10-14-20(15-18)26-19-12-8-7-9-13-19;2*1-16-13-20(22-15-21(16)24(2,3)4)17-9-8-12-19(14-17)23-18-10-6-5-7-11-18;3*1-2-6-10(7-3-1)11-8-4-5-9-12-11;;;/h7-10,12-17H,1-6H3;2*5-8,10-15H,1-4H3;3*1-6,8-9H;;;/q6*-1;;;. The molecule has 0 unspecified atom stereocenters. The molecule has 0 atom stereocenters. The smallest absolute Gasteiger partial charge is 0.124 e. The molecule has 15 heteroatoms. The van der Waals surface area contributed by atoms with Gasteiger partial charge in [0.05, 0.1) is 24.2 Å². The van der Waals surface area contributed by atoms with Crippen molar-refractivity contribution in [3.8, 4) is 102 Å². The minimum absolute atomic E-state index is 0. The summed E-state index contributed by atoms with van der Waals surface area (Å²) in [5.74, 6) is 4.86. The fourth-order valence-electron chi connectivity index (χ4n) is 11.9. The van der Waals surface area contributed by atoms with Crippen LogP contribution in [0.5, 0.6) is 34.5 Å². The van der Waals surface area contributed by atoms with Crippen molar-refractivity contribution in [3.05, 3.63) is 381 Å². The zero-order chi connectivity index (χ0) is 78.6. The van der Waals surface area contributed by atoms with E-state index in [1.54, 1.807) is 18.6 Å². The molecule has 0 spiro atoms. The van der Waals surface area contributed by atoms with Crippen molar-refractivity contribution < 1.29 is 74.5 Å². The van der Waals surface area contributed by atoms with Crippen molar-refractivity contribution in [1.82, 2.24) is 29.9 Å². The van der Waals surface area contributed by atoms with E-state index in [9.17, 15) is 0 Å². The van der Waals surface area contributed by atoms with Gasteiger partial charge in [-0.15, -0.1) is 197 Å². The van der Waals surface area contributed by atoms with Gasteiger partial charge < -0.3 is 44.1 Å². The molecule has 0 N–H and O–H groups in total. The van der Waals surface area contributed by atoms with Crippen molar-refractivity contribution in [2.45, 2.75) is 99.0 Å². The van der Waals surface area contributed by atoms with Crippen molar-refractivity contribution in [2.75, 3.05) is 0 Å². The Balaban J connectivity index is 0.000000194. The Kier molecular flexibility index (Phi) is 35.6. The molecular formula is C99H96Ir3N6O3Si3-6. The van der Waals surface area contributed by atoms with Gasteiger partial charge in [0, 0.05) is 115 Å². The van der Waals surface area contributed by atoms with E-state index in [0.717, 1.165) is 102 Å². The first-order valence-corrected chi connectivity index (χ1v) is 47.8. The SMILES string of the molecule is CC(C)(C)c1cc(-c2[c-]ccc(Oc3ccccc3)c2)ncc1[Si](C)(C)C.Cc1cc(-c2[c-]ccc(Oc3ccccc3)c2)ncc1[Si](C)(C)C.Cc1cc(-c2[c-]ccc(Oc3ccccc3)c2)ncc1[Si](C)(C)C.[Ir].[Ir].[Ir].[c-]1ccccc1-c1ccccn1.[c-]1ccccc1-c1ccccn1.[c-]1ccccc1-c1ccccn1. The Hall–Kier alpha value is -10.1. The zero-order valence-corrected chi connectivity index (χ0v) is 77.3. The summed E-state index contributed by atoms with van der Waals surface area (Å²) in [6, 6.07) is 114. The molecule has 0 saturated heterocycles. The van der Waals surface area contributed by atoms with Crippen LogP contribution in [0.25, 0.3) is 67.5 Å². The molecule has 9 aromatic carbocycles. The second-order valence-corrected chi connectivity index (χ2v) is 45.5. The van der Waals surface area contributed by atoms with Crippen LogP contribution in [0.1, 0.15) is 37.5 Å². The molecule has 0 saturated carbocycles. The Morgan fingerprint density at radius 3 is 0.781 bits per heavy atom. The van der Waals surface area contributed by atoms with Crippen LogP contribution in [0.15, 0.2) is 328 Å². The van der Waals surface area contributed by atoms with E-state index in [-0.39, 0.29) is 65.7 Å². The van der Waals surface area contributed by atoms with Crippen LogP contribution in [0.4, 0.5) is 0 Å². The van der Waals surface area contributed by atoms with Crippen LogP contribution in [-0.4, -0.2) is 54.1 Å². The third-order valence-corrected chi connectivity index (χ3v) is 23.7. The van der Waals surface area contributed by atoms with Gasteiger partial charge >= 0.3 is 0 Å². The largest absolute Gasteiger partial charge is 0.477 e. The van der Waals surface area contributed by atoms with Crippen LogP contribution < -0.4 is 29.8 Å². The summed E-state index contributed by atoms with van der Waals surface area (Å²) in [5.41, 5.74) is 15.8. The molecule has 0 fully saturated rings. The summed E-state index contributed by atoms with van der Waals surface area (Å²) in [7, 11) is -4.19. The molecule has 114 heavy (non-hydrogen) atoms. The summed E-state index contributed by atoms with van der Waals surface area (Å²) >= 11 is 0. The van der Waals surface area contributed by atoms with Crippen molar-refractivity contribution in [2.24, 2.45) is 0 Å². The number of benzene rings is 9. The van der Waals surface area contributed by atoms with E-state index in [2.05, 4.69) is 179 Å². The molecule has 6 heterocycles. The summed E-state index contributed by atoms with van der Waals surface area (Å²) < 4.78 is 17.8. The van der Waals surface area contributed by atoms with E-state index in [0.29, 0.717) is 0 Å². The number of hydrogen-bond acceptors (Lipinski definition) is 9. The van der Waals surface area contributed by atoms with E-state index in [1.807, 2.05) is 285 Å². The van der Waals surface area contributed by atoms with Gasteiger partial charge in [-0.3, -0.25) is 0 Å². The average molecular weight is 2080 g/mol. The predicted octanol–water partition coefficient (Wildman–Crippen LogP) is 24.2. The van der Waals surface area contributed by atoms with Crippen LogP contribution >= 0.6 is 0 Å². The summed E-state index contributed by atoms with van der Waals surface area (Å²) in [6.07, 6.45) is 11.5. The van der Waals surface area contributed by atoms with E-state index in [1.165, 1.54) is 32.3 Å². The van der Waals surface area contributed by atoms with Crippen molar-refractivity contribution >= 4 is 39.8 Å². The van der Waals surface area contributed by atoms with E-state index in [4.69, 9.17) is 19.2 Å². The molecule has 0 aliphatic rings. The minimum Gasteiger partial charge on any atom is -0.477 e. The third-order valence-electron chi connectivity index (χ3n) is 17.4. The van der Waals surface area contributed by atoms with Gasteiger partial charge in [-0.1, -0.05) is 200 Å². The number of ether oxygens (including phenoxy) is 3. The fraction of sp³-hybridized carbons (Fsp3) is 0.152. The maximum atomic E-state index is 5.98. The number of rotatable bonds is 15. The molecule has 0 aliphatic carbocycles. The topological polar surface area (TPSA) is 105 Å². The van der Waals surface area contributed by atoms with Crippen molar-refractivity contribution in [3.63, 3.8) is 0 Å². The number of pyridine rings is 6. The fourth-order valence-corrected chi connectivity index (χ4v) is 17.0. The molecule has 0 bridgehead atoms. The van der Waals surface area contributed by atoms with Gasteiger partial charge in [-0.2, -0.15) is 0 Å². The normalized spacial score (nSPS) is 10.7. The quantitative estimate of drug-likeness (QED) is 0.0733. The van der Waals surface area contributed by atoms with E-state index >= 15 is 0 Å². The first-order valence-electron chi connectivity index (χ1n) is 37.3. The predicted molar refractivity (Wildman–Crippen MR) is 468 cm³/mol. The van der Waals surface area contributed by atoms with Crippen LogP contribution in [-0.2, 0) is 65.7 Å². The molecular weight excluding hydrogens is 1980 g/mol. The molecule has 0 amide bonds. The van der Waals surface area contributed by atoms with Gasteiger partial charge in [0.1, 0.15) is 17.2 Å². The second-order valence-electron chi connectivity index (χ2n) is 30.4. The first-order chi connectivity index (χ1) is 53.4. The molecule has 6 aromatic heterocycles. The Labute approximate surface area is 720 Å². The number of para-hydroxylation sites is 3. The summed E-state index contributed by atoms with van der Waals surface area (Å²) in [4.78, 5) is 26.8. The third kappa shape index (κ3) is 28.5. The van der Waals surface area contributed by atoms with Crippen molar-refractivity contribution in [1.29, 1.82) is 0 Å². The summed E-state index contributed by atoms with van der Waals surface area (Å²) in [5, 5.41) is 4.24. The molecule has 15 aromatic rings. The Morgan fingerprint density at radius 2 is 0.526 bits per heavy atom. The second kappa shape index (κ2) is 44.5. The minimum atomic E-state index is -1.47. The van der Waals surface area contributed by atoms with Gasteiger partial charge in [0.25, 0.3) is 0 Å². The Bertz CT molecular complexity index is 4880. The molecule has 3 radical (unpaired) electrons. The van der Waals surface area contributed by atoms with Gasteiger partial charge in [0.15, 0.2) is 0 Å². The maximum absolute atomic E-state index is 5.98. The number of nitrogens with zero attached hydrogens (tertiary/aromatic N) is 6. The number of aromatic nitrogens is 6. The molecule has 585 valence electrons. The average Bonchev–Trinajstić information content (AvgIpc) is 0.794. The monoisotopic (exact) mass is 2080 g/mol. The molecule has 0 aliphatic heterocycles. The first kappa shape index (κ1) is 91.1. The van der Waals surface area contributed by atoms with Gasteiger partial charge in [0.2, 0.25) is 0 Å². The maximum Gasteiger partial charge on any atom is 0.124 e. The van der Waals surface area contributed by atoms with Crippen LogP contribution in [0.3, 0.4) is 0 Å². The van der Waals surface area contributed by atoms with Gasteiger partial charge in [-0.25, -0.2) is 0 Å². The summed E-state index contributed by atoms with van der Waals surface area (Å²) in [6.45, 7) is 32.3. The molecule has 15 rings (SSSR count). The van der Waals surface area contributed by atoms with Crippen LogP contribution in [0, 0.1) is 50.2 Å². The van der Waals surface area contributed by atoms with Crippen LogP contribution in [0.2, 0.25) is 58.9 Å². The zero-order valence-electron chi connectivity index (χ0n) is 67.1. The molecule has 9 nitrogen and oxygen atoms in total. The number of hydrogen-bond donors (Lipinski definition) is 0. The van der Waals surface area contributed by atoms with Gasteiger partial charge in [-0.05, 0) is 129 Å². The Morgan fingerprint density at radius 1 is 0.254 bits per heavy atom. The van der Waals surface area contributed by atoms with E-state index < -0.39 is 24.2 Å².